The van der Waals surface area contributed by atoms with E-state index in [-0.39, 0.29) is 0 Å². The molecule has 0 spiro atoms. The molecule has 1 saturated heterocycles. The molecule has 1 aliphatic rings. The summed E-state index contributed by atoms with van der Waals surface area (Å²) in [6.45, 7) is 9.44. The summed E-state index contributed by atoms with van der Waals surface area (Å²) >= 11 is 3.45. The van der Waals surface area contributed by atoms with Crippen LogP contribution in [0.4, 0.5) is 5.69 Å². The van der Waals surface area contributed by atoms with Crippen LogP contribution in [0.1, 0.15) is 20.3 Å². The van der Waals surface area contributed by atoms with E-state index in [1.165, 1.54) is 25.2 Å². The predicted octanol–water partition coefficient (Wildman–Crippen LogP) is 3.84. The summed E-state index contributed by atoms with van der Waals surface area (Å²) in [5.74, 6) is 1.73. The zero-order valence-corrected chi connectivity index (χ0v) is 12.9. The Balaban J connectivity index is 1.71. The van der Waals surface area contributed by atoms with Gasteiger partial charge in [-0.2, -0.15) is 0 Å². The van der Waals surface area contributed by atoms with Crippen molar-refractivity contribution in [3.63, 3.8) is 0 Å². The molecule has 0 aliphatic carbocycles. The van der Waals surface area contributed by atoms with E-state index in [1.54, 1.807) is 0 Å². The number of benzene rings is 1. The first kappa shape index (κ1) is 13.9. The van der Waals surface area contributed by atoms with E-state index < -0.39 is 0 Å². The van der Waals surface area contributed by atoms with E-state index in [4.69, 9.17) is 0 Å². The highest BCUT2D eigenvalue weighted by molar-refractivity contribution is 9.10. The molecule has 100 valence electrons. The van der Waals surface area contributed by atoms with Gasteiger partial charge in [-0.15, -0.1) is 0 Å². The molecular weight excluding hydrogens is 288 g/mol. The summed E-state index contributed by atoms with van der Waals surface area (Å²) in [6, 6.07) is 8.38. The number of halogens is 1. The lowest BCUT2D eigenvalue weighted by Gasteiger charge is -2.35. The largest absolute Gasteiger partial charge is 0.384 e. The Morgan fingerprint density at radius 3 is 2.61 bits per heavy atom. The molecule has 0 aromatic heterocycles. The number of piperidine rings is 1. The van der Waals surface area contributed by atoms with E-state index in [2.05, 4.69) is 64.3 Å². The van der Waals surface area contributed by atoms with Crippen molar-refractivity contribution in [2.75, 3.05) is 31.5 Å². The zero-order valence-electron chi connectivity index (χ0n) is 11.3. The monoisotopic (exact) mass is 310 g/mol. The Morgan fingerprint density at radius 1 is 1.22 bits per heavy atom. The Hall–Kier alpha value is -0.540. The van der Waals surface area contributed by atoms with Crippen LogP contribution in [0.25, 0.3) is 0 Å². The van der Waals surface area contributed by atoms with Gasteiger partial charge >= 0.3 is 0 Å². The molecule has 1 fully saturated rings. The fourth-order valence-corrected chi connectivity index (χ4v) is 2.74. The van der Waals surface area contributed by atoms with Crippen molar-refractivity contribution in [1.29, 1.82) is 0 Å². The molecule has 1 N–H and O–H groups in total. The molecule has 0 radical (unpaired) electrons. The molecular formula is C15H23BrN2. The SMILES string of the molecule is CC1CCN(CCNc2ccc(Br)cc2)CC1C. The van der Waals surface area contributed by atoms with Gasteiger partial charge in [0.15, 0.2) is 0 Å². The minimum Gasteiger partial charge on any atom is -0.384 e. The minimum atomic E-state index is 0.839. The highest BCUT2D eigenvalue weighted by Gasteiger charge is 2.21. The Labute approximate surface area is 119 Å². The lowest BCUT2D eigenvalue weighted by Crippen LogP contribution is -2.40. The van der Waals surface area contributed by atoms with Crippen molar-refractivity contribution in [2.45, 2.75) is 20.3 Å². The van der Waals surface area contributed by atoms with Gasteiger partial charge in [0.2, 0.25) is 0 Å². The number of nitrogens with zero attached hydrogens (tertiary/aromatic N) is 1. The lowest BCUT2D eigenvalue weighted by atomic mass is 9.89. The molecule has 1 heterocycles. The smallest absolute Gasteiger partial charge is 0.0341 e. The quantitative estimate of drug-likeness (QED) is 0.909. The molecule has 2 nitrogen and oxygen atoms in total. The van der Waals surface area contributed by atoms with E-state index in [0.29, 0.717) is 0 Å². The zero-order chi connectivity index (χ0) is 13.0. The fourth-order valence-electron chi connectivity index (χ4n) is 2.48. The van der Waals surface area contributed by atoms with Crippen LogP contribution >= 0.6 is 15.9 Å². The maximum absolute atomic E-state index is 3.48. The second-order valence-electron chi connectivity index (χ2n) is 5.48. The maximum Gasteiger partial charge on any atom is 0.0341 e. The van der Waals surface area contributed by atoms with Gasteiger partial charge in [0.25, 0.3) is 0 Å². The van der Waals surface area contributed by atoms with Gasteiger partial charge < -0.3 is 10.2 Å². The van der Waals surface area contributed by atoms with Crippen LogP contribution in [-0.4, -0.2) is 31.1 Å². The highest BCUT2D eigenvalue weighted by Crippen LogP contribution is 2.22. The normalized spacial score (nSPS) is 25.1. The fraction of sp³-hybridized carbons (Fsp3) is 0.600. The highest BCUT2D eigenvalue weighted by atomic mass is 79.9. The van der Waals surface area contributed by atoms with Crippen molar-refractivity contribution in [2.24, 2.45) is 11.8 Å². The standard InChI is InChI=1S/C15H23BrN2/c1-12-7-9-18(11-13(12)2)10-8-17-15-5-3-14(16)4-6-15/h3-6,12-13,17H,7-11H2,1-2H3. The summed E-state index contributed by atoms with van der Waals surface area (Å²) in [5, 5.41) is 3.48. The summed E-state index contributed by atoms with van der Waals surface area (Å²) < 4.78 is 1.13. The summed E-state index contributed by atoms with van der Waals surface area (Å²) in [7, 11) is 0. The number of nitrogens with one attached hydrogen (secondary N) is 1. The van der Waals surface area contributed by atoms with Crippen molar-refractivity contribution >= 4 is 21.6 Å². The number of likely N-dealkylation sites (tertiary alicyclic amines) is 1. The topological polar surface area (TPSA) is 15.3 Å². The van der Waals surface area contributed by atoms with Crippen LogP contribution in [-0.2, 0) is 0 Å². The molecule has 0 amide bonds. The molecule has 18 heavy (non-hydrogen) atoms. The summed E-state index contributed by atoms with van der Waals surface area (Å²) in [4.78, 5) is 2.58. The maximum atomic E-state index is 3.48. The molecule has 1 aromatic rings. The summed E-state index contributed by atoms with van der Waals surface area (Å²) in [5.41, 5.74) is 1.21. The molecule has 0 saturated carbocycles. The van der Waals surface area contributed by atoms with Crippen molar-refractivity contribution in [1.82, 2.24) is 4.90 Å². The number of anilines is 1. The molecule has 3 heteroatoms. The first-order valence-corrected chi connectivity index (χ1v) is 7.66. The van der Waals surface area contributed by atoms with Gasteiger partial charge in [-0.25, -0.2) is 0 Å². The Kier molecular flexibility index (Phi) is 5.07. The van der Waals surface area contributed by atoms with Gasteiger partial charge in [-0.1, -0.05) is 29.8 Å². The van der Waals surface area contributed by atoms with Gasteiger partial charge in [0.1, 0.15) is 0 Å². The molecule has 1 aromatic carbocycles. The minimum absolute atomic E-state index is 0.839. The predicted molar refractivity (Wildman–Crippen MR) is 82.0 cm³/mol. The third-order valence-electron chi connectivity index (χ3n) is 4.02. The van der Waals surface area contributed by atoms with Crippen LogP contribution in [0, 0.1) is 11.8 Å². The van der Waals surface area contributed by atoms with E-state index in [1.807, 2.05) is 0 Å². The molecule has 1 aliphatic heterocycles. The Morgan fingerprint density at radius 2 is 1.94 bits per heavy atom. The summed E-state index contributed by atoms with van der Waals surface area (Å²) in [6.07, 6.45) is 1.35. The van der Waals surface area contributed by atoms with Gasteiger partial charge in [-0.05, 0) is 49.1 Å². The second kappa shape index (κ2) is 6.58. The number of hydrogen-bond acceptors (Lipinski definition) is 2. The van der Waals surface area contributed by atoms with Crippen molar-refractivity contribution in [3.05, 3.63) is 28.7 Å². The molecule has 2 rings (SSSR count). The Bertz CT molecular complexity index is 363. The van der Waals surface area contributed by atoms with Gasteiger partial charge in [0, 0.05) is 29.8 Å². The number of rotatable bonds is 4. The first-order valence-electron chi connectivity index (χ1n) is 6.87. The van der Waals surface area contributed by atoms with Gasteiger partial charge in [-0.3, -0.25) is 0 Å². The lowest BCUT2D eigenvalue weighted by molar-refractivity contribution is 0.143. The third kappa shape index (κ3) is 3.99. The van der Waals surface area contributed by atoms with Crippen LogP contribution in [0.15, 0.2) is 28.7 Å². The molecule has 0 bridgehead atoms. The average molecular weight is 311 g/mol. The number of hydrogen-bond donors (Lipinski definition) is 1. The van der Waals surface area contributed by atoms with E-state index >= 15 is 0 Å². The molecule has 2 atom stereocenters. The van der Waals surface area contributed by atoms with Crippen LogP contribution < -0.4 is 5.32 Å². The van der Waals surface area contributed by atoms with Crippen LogP contribution in [0.3, 0.4) is 0 Å². The average Bonchev–Trinajstić information content (AvgIpc) is 2.36. The molecule has 2 unspecified atom stereocenters. The van der Waals surface area contributed by atoms with E-state index in [0.717, 1.165) is 29.4 Å². The van der Waals surface area contributed by atoms with Gasteiger partial charge in [0.05, 0.1) is 0 Å². The van der Waals surface area contributed by atoms with E-state index in [9.17, 15) is 0 Å². The van der Waals surface area contributed by atoms with Crippen LogP contribution in [0.5, 0.6) is 0 Å². The first-order chi connectivity index (χ1) is 8.65. The van der Waals surface area contributed by atoms with Crippen LogP contribution in [0.2, 0.25) is 0 Å². The second-order valence-corrected chi connectivity index (χ2v) is 6.39. The van der Waals surface area contributed by atoms with Crippen molar-refractivity contribution in [3.8, 4) is 0 Å². The van der Waals surface area contributed by atoms with Crippen molar-refractivity contribution < 1.29 is 0 Å². The third-order valence-corrected chi connectivity index (χ3v) is 4.55.